The Bertz CT molecular complexity index is 297. The van der Waals surface area contributed by atoms with Crippen LogP contribution in [0.15, 0.2) is 18.2 Å². The second kappa shape index (κ2) is 4.62. The lowest BCUT2D eigenvalue weighted by atomic mass is 10.0. The number of rotatable bonds is 4. The molecule has 0 bridgehead atoms. The Morgan fingerprint density at radius 2 is 2.31 bits per heavy atom. The summed E-state index contributed by atoms with van der Waals surface area (Å²) in [4.78, 5) is 10.2. The molecular formula is C10H13NO2. The van der Waals surface area contributed by atoms with Crippen LogP contribution in [0.1, 0.15) is 17.5 Å². The van der Waals surface area contributed by atoms with Crippen LogP contribution in [0.2, 0.25) is 0 Å². The molecule has 0 fully saturated rings. The van der Waals surface area contributed by atoms with Gasteiger partial charge in [0.25, 0.3) is 0 Å². The fraction of sp³-hybridized carbons (Fsp3) is 0.300. The molecule has 0 radical (unpaired) electrons. The van der Waals surface area contributed by atoms with Gasteiger partial charge >= 0.3 is 0 Å². The average Bonchev–Trinajstić information content (AvgIpc) is 2.15. The van der Waals surface area contributed by atoms with E-state index in [0.717, 1.165) is 17.4 Å². The highest BCUT2D eigenvalue weighted by Gasteiger charge is 2.03. The number of aryl methyl sites for hydroxylation is 1. The van der Waals surface area contributed by atoms with Crippen molar-refractivity contribution in [1.82, 2.24) is 0 Å². The van der Waals surface area contributed by atoms with Gasteiger partial charge in [-0.15, -0.1) is 0 Å². The van der Waals surface area contributed by atoms with Crippen molar-refractivity contribution in [2.24, 2.45) is 0 Å². The Balaban J connectivity index is 2.93. The van der Waals surface area contributed by atoms with Gasteiger partial charge in [0.2, 0.25) is 0 Å². The predicted octanol–water partition coefficient (Wildman–Crippen LogP) is 1.93. The molecular weight excluding hydrogens is 166 g/mol. The minimum atomic E-state index is 0.486. The van der Waals surface area contributed by atoms with E-state index in [9.17, 15) is 4.79 Å². The van der Waals surface area contributed by atoms with E-state index in [4.69, 9.17) is 5.21 Å². The summed E-state index contributed by atoms with van der Waals surface area (Å²) in [7, 11) is 0. The van der Waals surface area contributed by atoms with Crippen molar-refractivity contribution in [2.45, 2.75) is 19.8 Å². The van der Waals surface area contributed by atoms with Gasteiger partial charge in [0, 0.05) is 6.42 Å². The Labute approximate surface area is 77.4 Å². The zero-order valence-corrected chi connectivity index (χ0v) is 7.58. The van der Waals surface area contributed by atoms with Gasteiger partial charge in [0.1, 0.15) is 6.29 Å². The molecule has 3 heteroatoms. The van der Waals surface area contributed by atoms with Crippen molar-refractivity contribution >= 4 is 12.0 Å². The molecule has 2 N–H and O–H groups in total. The number of nitrogens with one attached hydrogen (secondary N) is 1. The molecule has 13 heavy (non-hydrogen) atoms. The number of hydrogen-bond donors (Lipinski definition) is 2. The summed E-state index contributed by atoms with van der Waals surface area (Å²) < 4.78 is 0. The molecule has 0 spiro atoms. The third-order valence-corrected chi connectivity index (χ3v) is 2.04. The largest absolute Gasteiger partial charge is 0.303 e. The Kier molecular flexibility index (Phi) is 3.46. The van der Waals surface area contributed by atoms with E-state index in [0.29, 0.717) is 18.5 Å². The van der Waals surface area contributed by atoms with Gasteiger partial charge in [-0.1, -0.05) is 12.1 Å². The molecule has 0 aliphatic heterocycles. The van der Waals surface area contributed by atoms with Crippen molar-refractivity contribution < 1.29 is 10.0 Å². The van der Waals surface area contributed by atoms with E-state index in [-0.39, 0.29) is 0 Å². The minimum Gasteiger partial charge on any atom is -0.303 e. The third kappa shape index (κ3) is 2.29. The molecule has 70 valence electrons. The normalized spacial score (nSPS) is 9.69. The maximum Gasteiger partial charge on any atom is 0.120 e. The van der Waals surface area contributed by atoms with E-state index in [1.54, 1.807) is 6.07 Å². The van der Waals surface area contributed by atoms with E-state index >= 15 is 0 Å². The number of anilines is 1. The highest BCUT2D eigenvalue weighted by Crippen LogP contribution is 2.19. The minimum absolute atomic E-state index is 0.486. The van der Waals surface area contributed by atoms with Crippen LogP contribution in [-0.2, 0) is 11.2 Å². The van der Waals surface area contributed by atoms with Crippen molar-refractivity contribution in [3.63, 3.8) is 0 Å². The molecule has 3 nitrogen and oxygen atoms in total. The third-order valence-electron chi connectivity index (χ3n) is 2.04. The summed E-state index contributed by atoms with van der Waals surface area (Å²) in [6, 6.07) is 5.60. The van der Waals surface area contributed by atoms with Crippen LogP contribution in [0.3, 0.4) is 0 Å². The molecule has 0 saturated heterocycles. The number of benzene rings is 1. The SMILES string of the molecule is Cc1cccc(NO)c1CCC=O. The summed E-state index contributed by atoms with van der Waals surface area (Å²) >= 11 is 0. The van der Waals surface area contributed by atoms with Crippen LogP contribution in [0, 0.1) is 6.92 Å². The van der Waals surface area contributed by atoms with Crippen molar-refractivity contribution in [3.8, 4) is 0 Å². The van der Waals surface area contributed by atoms with Gasteiger partial charge in [0.15, 0.2) is 0 Å². The lowest BCUT2D eigenvalue weighted by Gasteiger charge is -2.09. The highest BCUT2D eigenvalue weighted by molar-refractivity contribution is 5.56. The lowest BCUT2D eigenvalue weighted by Crippen LogP contribution is -1.99. The maximum absolute atomic E-state index is 10.2. The fourth-order valence-corrected chi connectivity index (χ4v) is 1.34. The van der Waals surface area contributed by atoms with Gasteiger partial charge in [0.05, 0.1) is 5.69 Å². The Morgan fingerprint density at radius 3 is 2.92 bits per heavy atom. The van der Waals surface area contributed by atoms with Gasteiger partial charge < -0.3 is 4.79 Å². The van der Waals surface area contributed by atoms with Crippen LogP contribution in [0.4, 0.5) is 5.69 Å². The fourth-order valence-electron chi connectivity index (χ4n) is 1.34. The number of hydrogen-bond acceptors (Lipinski definition) is 3. The second-order valence-electron chi connectivity index (χ2n) is 2.92. The zero-order chi connectivity index (χ0) is 9.68. The summed E-state index contributed by atoms with van der Waals surface area (Å²) in [5.74, 6) is 0. The molecule has 0 atom stereocenters. The predicted molar refractivity (Wildman–Crippen MR) is 51.0 cm³/mol. The molecule has 0 unspecified atom stereocenters. The zero-order valence-electron chi connectivity index (χ0n) is 7.58. The molecule has 0 aliphatic rings. The van der Waals surface area contributed by atoms with Crippen LogP contribution >= 0.6 is 0 Å². The topological polar surface area (TPSA) is 49.3 Å². The molecule has 0 saturated carbocycles. The second-order valence-corrected chi connectivity index (χ2v) is 2.92. The Hall–Kier alpha value is -1.35. The number of carbonyl (C=O) groups is 1. The average molecular weight is 179 g/mol. The van der Waals surface area contributed by atoms with Gasteiger partial charge in [-0.25, -0.2) is 0 Å². The smallest absolute Gasteiger partial charge is 0.120 e. The van der Waals surface area contributed by atoms with Gasteiger partial charge in [-0.2, -0.15) is 0 Å². The van der Waals surface area contributed by atoms with Crippen LogP contribution in [0.5, 0.6) is 0 Å². The standard InChI is InChI=1S/C10H13NO2/c1-8-4-2-6-10(11-13)9(8)5-3-7-12/h2,4,6-7,11,13H,3,5H2,1H3. The number of aldehydes is 1. The first kappa shape index (κ1) is 9.74. The number of carbonyl (C=O) groups excluding carboxylic acids is 1. The quantitative estimate of drug-likeness (QED) is 0.548. The monoisotopic (exact) mass is 179 g/mol. The first-order valence-corrected chi connectivity index (χ1v) is 4.22. The summed E-state index contributed by atoms with van der Waals surface area (Å²) in [5.41, 5.74) is 4.89. The molecule has 0 heterocycles. The van der Waals surface area contributed by atoms with E-state index < -0.39 is 0 Å². The molecule has 0 amide bonds. The van der Waals surface area contributed by atoms with E-state index in [1.807, 2.05) is 19.1 Å². The summed E-state index contributed by atoms with van der Waals surface area (Å²) in [6.07, 6.45) is 2.03. The summed E-state index contributed by atoms with van der Waals surface area (Å²) in [6.45, 7) is 1.96. The molecule has 0 aliphatic carbocycles. The van der Waals surface area contributed by atoms with Crippen LogP contribution in [-0.4, -0.2) is 11.5 Å². The van der Waals surface area contributed by atoms with Crippen LogP contribution in [0.25, 0.3) is 0 Å². The highest BCUT2D eigenvalue weighted by atomic mass is 16.5. The van der Waals surface area contributed by atoms with Crippen LogP contribution < -0.4 is 5.48 Å². The summed E-state index contributed by atoms with van der Waals surface area (Å²) in [5, 5.41) is 8.80. The van der Waals surface area contributed by atoms with E-state index in [1.165, 1.54) is 0 Å². The molecule has 0 aromatic heterocycles. The maximum atomic E-state index is 10.2. The van der Waals surface area contributed by atoms with Crippen molar-refractivity contribution in [3.05, 3.63) is 29.3 Å². The molecule has 1 rings (SSSR count). The van der Waals surface area contributed by atoms with E-state index in [2.05, 4.69) is 5.48 Å². The molecule has 1 aromatic carbocycles. The first-order chi connectivity index (χ1) is 6.29. The molecule has 1 aromatic rings. The Morgan fingerprint density at radius 1 is 1.54 bits per heavy atom. The van der Waals surface area contributed by atoms with Gasteiger partial charge in [-0.3, -0.25) is 10.7 Å². The van der Waals surface area contributed by atoms with Crippen molar-refractivity contribution in [1.29, 1.82) is 0 Å². The first-order valence-electron chi connectivity index (χ1n) is 4.22. The lowest BCUT2D eigenvalue weighted by molar-refractivity contribution is -0.107. The van der Waals surface area contributed by atoms with Crippen molar-refractivity contribution in [2.75, 3.05) is 5.48 Å². The van der Waals surface area contributed by atoms with Gasteiger partial charge in [-0.05, 0) is 30.5 Å².